The number of aryl methyl sites for hydroxylation is 1. The first-order valence-electron chi connectivity index (χ1n) is 6.54. The van der Waals surface area contributed by atoms with Crippen LogP contribution in [-0.4, -0.2) is 46.0 Å². The van der Waals surface area contributed by atoms with Crippen molar-refractivity contribution in [2.24, 2.45) is 0 Å². The molecular formula is C15H16ClNO3S. The molecular weight excluding hydrogens is 310 g/mol. The van der Waals surface area contributed by atoms with E-state index in [1.807, 2.05) is 19.1 Å². The third-order valence-corrected chi connectivity index (χ3v) is 4.74. The van der Waals surface area contributed by atoms with Gasteiger partial charge in [0, 0.05) is 29.1 Å². The molecule has 0 bridgehead atoms. The molecule has 21 heavy (non-hydrogen) atoms. The minimum Gasteiger partial charge on any atom is -0.480 e. The summed E-state index contributed by atoms with van der Waals surface area (Å²) in [6.07, 6.45) is 3.07. The molecule has 1 fully saturated rings. The van der Waals surface area contributed by atoms with Crippen LogP contribution in [-0.2, 0) is 9.59 Å². The van der Waals surface area contributed by atoms with Gasteiger partial charge in [-0.25, -0.2) is 4.79 Å². The number of amides is 1. The van der Waals surface area contributed by atoms with E-state index in [-0.39, 0.29) is 5.91 Å². The summed E-state index contributed by atoms with van der Waals surface area (Å²) in [7, 11) is 0. The number of carbonyl (C=O) groups is 2. The number of benzene rings is 1. The maximum absolute atomic E-state index is 12.2. The Kier molecular flexibility index (Phi) is 5.31. The Morgan fingerprint density at radius 2 is 2.24 bits per heavy atom. The fourth-order valence-electron chi connectivity index (χ4n) is 2.05. The third kappa shape index (κ3) is 4.02. The second-order valence-electron chi connectivity index (χ2n) is 4.80. The standard InChI is InChI=1S/C15H16ClNO3S/c1-10-2-3-11(8-12(10)16)4-5-14(18)17-6-7-21-9-13(17)15(19)20/h2-5,8,13H,6-7,9H2,1H3,(H,19,20)/b5-4+. The Balaban J connectivity index is 2.10. The number of halogens is 1. The first-order valence-corrected chi connectivity index (χ1v) is 8.07. The fraction of sp³-hybridized carbons (Fsp3) is 0.333. The van der Waals surface area contributed by atoms with Crippen molar-refractivity contribution in [3.05, 3.63) is 40.4 Å². The maximum atomic E-state index is 12.2. The highest BCUT2D eigenvalue weighted by atomic mass is 35.5. The smallest absolute Gasteiger partial charge is 0.327 e. The SMILES string of the molecule is Cc1ccc(/C=C/C(=O)N2CCSCC2C(=O)O)cc1Cl. The van der Waals surface area contributed by atoms with Crippen molar-refractivity contribution < 1.29 is 14.7 Å². The van der Waals surface area contributed by atoms with Crippen LogP contribution in [0.1, 0.15) is 11.1 Å². The molecule has 1 aromatic rings. The van der Waals surface area contributed by atoms with Gasteiger partial charge in [0.2, 0.25) is 5.91 Å². The molecule has 1 atom stereocenters. The number of nitrogens with zero attached hydrogens (tertiary/aromatic N) is 1. The van der Waals surface area contributed by atoms with Crippen molar-refractivity contribution in [1.82, 2.24) is 4.90 Å². The van der Waals surface area contributed by atoms with E-state index < -0.39 is 12.0 Å². The second-order valence-corrected chi connectivity index (χ2v) is 6.36. The van der Waals surface area contributed by atoms with Crippen molar-refractivity contribution >= 4 is 41.3 Å². The minimum absolute atomic E-state index is 0.278. The third-order valence-electron chi connectivity index (χ3n) is 3.31. The monoisotopic (exact) mass is 325 g/mol. The number of aliphatic carboxylic acids is 1. The van der Waals surface area contributed by atoms with Gasteiger partial charge in [0.05, 0.1) is 0 Å². The Labute approximate surface area is 132 Å². The largest absolute Gasteiger partial charge is 0.480 e. The lowest BCUT2D eigenvalue weighted by molar-refractivity contribution is -0.147. The lowest BCUT2D eigenvalue weighted by Crippen LogP contribution is -2.49. The Bertz CT molecular complexity index is 588. The van der Waals surface area contributed by atoms with Gasteiger partial charge in [-0.05, 0) is 30.2 Å². The number of carbonyl (C=O) groups excluding carboxylic acids is 1. The summed E-state index contributed by atoms with van der Waals surface area (Å²) in [6.45, 7) is 2.36. The quantitative estimate of drug-likeness (QED) is 0.868. The normalized spacial score (nSPS) is 19.0. The van der Waals surface area contributed by atoms with Crippen LogP contribution in [0.2, 0.25) is 5.02 Å². The second kappa shape index (κ2) is 7.00. The molecule has 1 amide bonds. The first kappa shape index (κ1) is 15.9. The van der Waals surface area contributed by atoms with Crippen LogP contribution in [0.15, 0.2) is 24.3 Å². The molecule has 1 heterocycles. The van der Waals surface area contributed by atoms with Crippen molar-refractivity contribution in [1.29, 1.82) is 0 Å². The van der Waals surface area contributed by atoms with Gasteiger partial charge in [-0.15, -0.1) is 0 Å². The predicted molar refractivity (Wildman–Crippen MR) is 85.7 cm³/mol. The molecule has 1 aliphatic rings. The Morgan fingerprint density at radius 3 is 2.90 bits per heavy atom. The average Bonchev–Trinajstić information content (AvgIpc) is 2.48. The lowest BCUT2D eigenvalue weighted by Gasteiger charge is -2.31. The molecule has 1 aromatic carbocycles. The Morgan fingerprint density at radius 1 is 1.48 bits per heavy atom. The van der Waals surface area contributed by atoms with Crippen LogP contribution < -0.4 is 0 Å². The molecule has 0 aromatic heterocycles. The summed E-state index contributed by atoms with van der Waals surface area (Å²) in [5.74, 6) is -0.0351. The molecule has 1 aliphatic heterocycles. The fourth-order valence-corrected chi connectivity index (χ4v) is 3.28. The first-order chi connectivity index (χ1) is 9.99. The van der Waals surface area contributed by atoms with E-state index >= 15 is 0 Å². The van der Waals surface area contributed by atoms with E-state index in [0.717, 1.165) is 16.9 Å². The van der Waals surface area contributed by atoms with E-state index in [0.29, 0.717) is 17.3 Å². The zero-order valence-corrected chi connectivity index (χ0v) is 13.2. The van der Waals surface area contributed by atoms with Crippen molar-refractivity contribution in [2.75, 3.05) is 18.1 Å². The molecule has 0 saturated carbocycles. The summed E-state index contributed by atoms with van der Waals surface area (Å²) in [5, 5.41) is 9.80. The summed E-state index contributed by atoms with van der Waals surface area (Å²) in [6, 6.07) is 4.78. The summed E-state index contributed by atoms with van der Waals surface area (Å²) >= 11 is 7.59. The molecule has 6 heteroatoms. The molecule has 1 N–H and O–H groups in total. The number of hydrogen-bond donors (Lipinski definition) is 1. The molecule has 0 aliphatic carbocycles. The molecule has 0 spiro atoms. The minimum atomic E-state index is -0.956. The number of rotatable bonds is 3. The highest BCUT2D eigenvalue weighted by Crippen LogP contribution is 2.19. The van der Waals surface area contributed by atoms with E-state index in [4.69, 9.17) is 16.7 Å². The zero-order valence-electron chi connectivity index (χ0n) is 11.6. The summed E-state index contributed by atoms with van der Waals surface area (Å²) in [5.41, 5.74) is 1.79. The molecule has 4 nitrogen and oxygen atoms in total. The molecule has 1 saturated heterocycles. The van der Waals surface area contributed by atoms with Crippen LogP contribution >= 0.6 is 23.4 Å². The van der Waals surface area contributed by atoms with E-state index in [1.165, 1.54) is 11.0 Å². The molecule has 2 rings (SSSR count). The summed E-state index contributed by atoms with van der Waals surface area (Å²) < 4.78 is 0. The predicted octanol–water partition coefficient (Wildman–Crippen LogP) is 2.69. The van der Waals surface area contributed by atoms with Gasteiger partial charge in [-0.3, -0.25) is 4.79 Å². The van der Waals surface area contributed by atoms with Crippen LogP contribution in [0.3, 0.4) is 0 Å². The maximum Gasteiger partial charge on any atom is 0.327 e. The molecule has 1 unspecified atom stereocenters. The van der Waals surface area contributed by atoms with Crippen molar-refractivity contribution in [3.8, 4) is 0 Å². The van der Waals surface area contributed by atoms with E-state index in [2.05, 4.69) is 0 Å². The highest BCUT2D eigenvalue weighted by molar-refractivity contribution is 7.99. The average molecular weight is 326 g/mol. The zero-order chi connectivity index (χ0) is 15.4. The topological polar surface area (TPSA) is 57.6 Å². The van der Waals surface area contributed by atoms with Gasteiger partial charge in [0.25, 0.3) is 0 Å². The van der Waals surface area contributed by atoms with Gasteiger partial charge in [0.1, 0.15) is 6.04 Å². The van der Waals surface area contributed by atoms with Gasteiger partial charge < -0.3 is 10.0 Å². The molecule has 112 valence electrons. The van der Waals surface area contributed by atoms with Crippen molar-refractivity contribution in [3.63, 3.8) is 0 Å². The van der Waals surface area contributed by atoms with Crippen LogP contribution in [0.5, 0.6) is 0 Å². The van der Waals surface area contributed by atoms with Crippen LogP contribution in [0.25, 0.3) is 6.08 Å². The van der Waals surface area contributed by atoms with Gasteiger partial charge in [-0.1, -0.05) is 23.7 Å². The molecule has 0 radical (unpaired) electrons. The lowest BCUT2D eigenvalue weighted by atomic mass is 10.1. The van der Waals surface area contributed by atoms with Crippen LogP contribution in [0, 0.1) is 6.92 Å². The van der Waals surface area contributed by atoms with Gasteiger partial charge >= 0.3 is 5.97 Å². The van der Waals surface area contributed by atoms with Gasteiger partial charge in [0.15, 0.2) is 0 Å². The van der Waals surface area contributed by atoms with Crippen molar-refractivity contribution in [2.45, 2.75) is 13.0 Å². The summed E-state index contributed by atoms with van der Waals surface area (Å²) in [4.78, 5) is 24.8. The number of carboxylic acids is 1. The van der Waals surface area contributed by atoms with E-state index in [1.54, 1.807) is 23.9 Å². The highest BCUT2D eigenvalue weighted by Gasteiger charge is 2.31. The van der Waals surface area contributed by atoms with E-state index in [9.17, 15) is 9.59 Å². The van der Waals surface area contributed by atoms with Crippen LogP contribution in [0.4, 0.5) is 0 Å². The number of carboxylic acid groups (broad SMARTS) is 1. The number of hydrogen-bond acceptors (Lipinski definition) is 3. The van der Waals surface area contributed by atoms with Gasteiger partial charge in [-0.2, -0.15) is 11.8 Å². The number of thioether (sulfide) groups is 1. The Hall–Kier alpha value is -1.46.